The van der Waals surface area contributed by atoms with Crippen LogP contribution in [0, 0.1) is 5.92 Å². The van der Waals surface area contributed by atoms with E-state index in [0.29, 0.717) is 17.8 Å². The molecule has 0 amide bonds. The van der Waals surface area contributed by atoms with Crippen molar-refractivity contribution in [2.24, 2.45) is 5.92 Å². The first-order valence-corrected chi connectivity index (χ1v) is 7.90. The van der Waals surface area contributed by atoms with E-state index >= 15 is 0 Å². The molecule has 2 aliphatic rings. The van der Waals surface area contributed by atoms with Gasteiger partial charge in [-0.25, -0.2) is 4.98 Å². The summed E-state index contributed by atoms with van der Waals surface area (Å²) in [5.74, 6) is 1.08. The van der Waals surface area contributed by atoms with Gasteiger partial charge in [-0.2, -0.15) is 0 Å². The van der Waals surface area contributed by atoms with E-state index in [0.717, 1.165) is 45.8 Å². The van der Waals surface area contributed by atoms with Crippen molar-refractivity contribution in [1.29, 1.82) is 0 Å². The molecule has 0 saturated carbocycles. The smallest absolute Gasteiger partial charge is 0.293 e. The Morgan fingerprint density at radius 2 is 2.05 bits per heavy atom. The molecule has 3 heterocycles. The monoisotopic (exact) mass is 291 g/mol. The summed E-state index contributed by atoms with van der Waals surface area (Å²) < 4.78 is 1.78. The van der Waals surface area contributed by atoms with Crippen LogP contribution in [0.15, 0.2) is 17.2 Å². The third kappa shape index (κ3) is 3.11. The number of piperazine rings is 1. The van der Waals surface area contributed by atoms with Gasteiger partial charge in [0.2, 0.25) is 0 Å². The van der Waals surface area contributed by atoms with Crippen LogP contribution in [-0.4, -0.2) is 59.8 Å². The van der Waals surface area contributed by atoms with Crippen molar-refractivity contribution < 1.29 is 0 Å². The summed E-state index contributed by atoms with van der Waals surface area (Å²) in [6.45, 7) is 11.2. The largest absolute Gasteiger partial charge is 0.349 e. The first kappa shape index (κ1) is 14.5. The second-order valence-corrected chi connectivity index (χ2v) is 6.45. The van der Waals surface area contributed by atoms with Gasteiger partial charge in [0.1, 0.15) is 0 Å². The van der Waals surface area contributed by atoms with Gasteiger partial charge >= 0.3 is 0 Å². The Morgan fingerprint density at radius 3 is 2.71 bits per heavy atom. The van der Waals surface area contributed by atoms with Gasteiger partial charge in [-0.3, -0.25) is 9.69 Å². The zero-order valence-corrected chi connectivity index (χ0v) is 13.0. The average Bonchev–Trinajstić information content (AvgIpc) is 2.42. The first-order valence-electron chi connectivity index (χ1n) is 7.90. The SMILES string of the molecule is CC(C)Cn1ccnc(N2CC(N3CCNCC3)C2)c1=O. The van der Waals surface area contributed by atoms with Crippen LogP contribution in [0.4, 0.5) is 5.82 Å². The van der Waals surface area contributed by atoms with Crippen LogP contribution in [0.5, 0.6) is 0 Å². The van der Waals surface area contributed by atoms with E-state index < -0.39 is 0 Å². The summed E-state index contributed by atoms with van der Waals surface area (Å²) in [5, 5.41) is 3.37. The van der Waals surface area contributed by atoms with Crippen molar-refractivity contribution in [2.45, 2.75) is 26.4 Å². The normalized spacial score (nSPS) is 20.8. The van der Waals surface area contributed by atoms with Crippen LogP contribution >= 0.6 is 0 Å². The fourth-order valence-electron chi connectivity index (χ4n) is 3.10. The molecule has 0 radical (unpaired) electrons. The van der Waals surface area contributed by atoms with E-state index in [-0.39, 0.29) is 5.56 Å². The highest BCUT2D eigenvalue weighted by molar-refractivity contribution is 5.40. The van der Waals surface area contributed by atoms with Crippen LogP contribution in [0.25, 0.3) is 0 Å². The van der Waals surface area contributed by atoms with Gasteiger partial charge in [-0.15, -0.1) is 0 Å². The standard InChI is InChI=1S/C15H25N5O/c1-12(2)9-19-8-5-17-14(15(19)21)20-10-13(11-20)18-6-3-16-4-7-18/h5,8,12-13,16H,3-4,6-7,9-11H2,1-2H3. The third-order valence-corrected chi connectivity index (χ3v) is 4.29. The lowest BCUT2D eigenvalue weighted by molar-refractivity contribution is 0.147. The molecule has 6 heteroatoms. The lowest BCUT2D eigenvalue weighted by Gasteiger charge is -2.47. The minimum atomic E-state index is 0.0463. The van der Waals surface area contributed by atoms with E-state index in [1.165, 1.54) is 0 Å². The number of hydrogen-bond donors (Lipinski definition) is 1. The fourth-order valence-corrected chi connectivity index (χ4v) is 3.10. The summed E-state index contributed by atoms with van der Waals surface area (Å²) >= 11 is 0. The van der Waals surface area contributed by atoms with Crippen molar-refractivity contribution in [3.8, 4) is 0 Å². The molecular formula is C15H25N5O. The molecule has 0 atom stereocenters. The number of aromatic nitrogens is 2. The Hall–Kier alpha value is -1.40. The van der Waals surface area contributed by atoms with Crippen molar-refractivity contribution in [3.63, 3.8) is 0 Å². The van der Waals surface area contributed by atoms with E-state index in [9.17, 15) is 4.79 Å². The third-order valence-electron chi connectivity index (χ3n) is 4.29. The van der Waals surface area contributed by atoms with Crippen molar-refractivity contribution in [2.75, 3.05) is 44.2 Å². The van der Waals surface area contributed by atoms with Gasteiger partial charge in [0.15, 0.2) is 5.82 Å². The maximum Gasteiger partial charge on any atom is 0.293 e. The summed E-state index contributed by atoms with van der Waals surface area (Å²) in [4.78, 5) is 21.4. The number of rotatable bonds is 4. The molecule has 0 spiro atoms. The van der Waals surface area contributed by atoms with Crippen molar-refractivity contribution >= 4 is 5.82 Å². The Morgan fingerprint density at radius 1 is 1.33 bits per heavy atom. The lowest BCUT2D eigenvalue weighted by atomic mass is 10.1. The molecule has 2 fully saturated rings. The Balaban J connectivity index is 1.65. The molecule has 0 bridgehead atoms. The van der Waals surface area contributed by atoms with Gasteiger partial charge in [0.05, 0.1) is 0 Å². The molecular weight excluding hydrogens is 266 g/mol. The van der Waals surface area contributed by atoms with Crippen molar-refractivity contribution in [1.82, 2.24) is 19.8 Å². The number of anilines is 1. The minimum Gasteiger partial charge on any atom is -0.349 e. The maximum atomic E-state index is 12.5. The van der Waals surface area contributed by atoms with Crippen LogP contribution < -0.4 is 15.8 Å². The van der Waals surface area contributed by atoms with Gasteiger partial charge in [0, 0.05) is 64.2 Å². The topological polar surface area (TPSA) is 53.4 Å². The molecule has 1 N–H and O–H groups in total. The molecule has 0 aliphatic carbocycles. The molecule has 116 valence electrons. The molecule has 1 aromatic heterocycles. The Bertz CT molecular complexity index is 529. The number of nitrogens with one attached hydrogen (secondary N) is 1. The highest BCUT2D eigenvalue weighted by Gasteiger charge is 2.34. The molecule has 1 aromatic rings. The highest BCUT2D eigenvalue weighted by Crippen LogP contribution is 2.19. The second-order valence-electron chi connectivity index (χ2n) is 6.45. The molecule has 6 nitrogen and oxygen atoms in total. The van der Waals surface area contributed by atoms with Crippen LogP contribution in [0.2, 0.25) is 0 Å². The van der Waals surface area contributed by atoms with Crippen LogP contribution in [-0.2, 0) is 6.54 Å². The average molecular weight is 291 g/mol. The first-order chi connectivity index (χ1) is 10.1. The zero-order valence-electron chi connectivity index (χ0n) is 13.0. The Kier molecular flexibility index (Phi) is 4.26. The predicted octanol–water partition coefficient (Wildman–Crippen LogP) is -0.00690. The molecule has 0 unspecified atom stereocenters. The quantitative estimate of drug-likeness (QED) is 0.846. The molecule has 0 aromatic carbocycles. The van der Waals surface area contributed by atoms with E-state index in [1.54, 1.807) is 17.0 Å². The van der Waals surface area contributed by atoms with Crippen molar-refractivity contribution in [3.05, 3.63) is 22.7 Å². The molecule has 2 saturated heterocycles. The molecule has 2 aliphatic heterocycles. The summed E-state index contributed by atoms with van der Waals surface area (Å²) in [6.07, 6.45) is 3.54. The summed E-state index contributed by atoms with van der Waals surface area (Å²) in [5.41, 5.74) is 0.0463. The lowest BCUT2D eigenvalue weighted by Crippen LogP contribution is -2.63. The van der Waals surface area contributed by atoms with Crippen LogP contribution in [0.1, 0.15) is 13.8 Å². The maximum absolute atomic E-state index is 12.5. The zero-order chi connectivity index (χ0) is 14.8. The fraction of sp³-hybridized carbons (Fsp3) is 0.733. The number of hydrogen-bond acceptors (Lipinski definition) is 5. The summed E-state index contributed by atoms with van der Waals surface area (Å²) in [6, 6.07) is 0.576. The molecule has 3 rings (SSSR count). The molecule has 21 heavy (non-hydrogen) atoms. The Labute approximate surface area is 125 Å². The number of nitrogens with zero attached hydrogens (tertiary/aromatic N) is 4. The second kappa shape index (κ2) is 6.15. The van der Waals surface area contributed by atoms with E-state index in [4.69, 9.17) is 0 Å². The van der Waals surface area contributed by atoms with Gasteiger partial charge < -0.3 is 14.8 Å². The van der Waals surface area contributed by atoms with Crippen LogP contribution in [0.3, 0.4) is 0 Å². The highest BCUT2D eigenvalue weighted by atomic mass is 16.1. The van der Waals surface area contributed by atoms with Gasteiger partial charge in [-0.05, 0) is 5.92 Å². The minimum absolute atomic E-state index is 0.0463. The predicted molar refractivity (Wildman–Crippen MR) is 83.8 cm³/mol. The van der Waals surface area contributed by atoms with E-state index in [1.807, 2.05) is 0 Å². The van der Waals surface area contributed by atoms with Gasteiger partial charge in [-0.1, -0.05) is 13.8 Å². The summed E-state index contributed by atoms with van der Waals surface area (Å²) in [7, 11) is 0. The van der Waals surface area contributed by atoms with E-state index in [2.05, 4.69) is 33.9 Å². The van der Waals surface area contributed by atoms with Gasteiger partial charge in [0.25, 0.3) is 5.56 Å².